The normalized spacial score (nSPS) is 16.4. The number of rotatable bonds is 4. The predicted octanol–water partition coefficient (Wildman–Crippen LogP) is 5.36. The van der Waals surface area contributed by atoms with Crippen LogP contribution in [0.5, 0.6) is 0 Å². The van der Waals surface area contributed by atoms with E-state index >= 15 is 0 Å². The fourth-order valence-corrected chi connectivity index (χ4v) is 4.37. The molecule has 156 valence electrons. The summed E-state index contributed by atoms with van der Waals surface area (Å²) in [6.45, 7) is 5.34. The number of carbonyl (C=O) groups is 1. The highest BCUT2D eigenvalue weighted by atomic mass is 19.1. The van der Waals surface area contributed by atoms with Crippen molar-refractivity contribution in [1.29, 1.82) is 0 Å². The summed E-state index contributed by atoms with van der Waals surface area (Å²) in [6, 6.07) is 20.7. The van der Waals surface area contributed by atoms with Crippen LogP contribution < -0.4 is 4.90 Å². The summed E-state index contributed by atoms with van der Waals surface area (Å²) in [5, 5.41) is 0. The van der Waals surface area contributed by atoms with Crippen molar-refractivity contribution in [2.24, 2.45) is 0 Å². The number of para-hydroxylation sites is 2. The first-order valence-electron chi connectivity index (χ1n) is 10.6. The van der Waals surface area contributed by atoms with Crippen molar-refractivity contribution in [3.63, 3.8) is 0 Å². The number of imidazole rings is 1. The highest BCUT2D eigenvalue weighted by molar-refractivity contribution is 5.96. The molecule has 1 amide bonds. The van der Waals surface area contributed by atoms with Gasteiger partial charge in [0, 0.05) is 31.1 Å². The van der Waals surface area contributed by atoms with Crippen molar-refractivity contribution in [2.75, 3.05) is 11.4 Å². The van der Waals surface area contributed by atoms with Crippen molar-refractivity contribution >= 4 is 22.6 Å². The number of aromatic nitrogens is 2. The van der Waals surface area contributed by atoms with Gasteiger partial charge in [0.1, 0.15) is 11.6 Å². The lowest BCUT2D eigenvalue weighted by Gasteiger charge is -2.18. The Balaban J connectivity index is 1.51. The zero-order chi connectivity index (χ0) is 21.5. The third kappa shape index (κ3) is 3.61. The van der Waals surface area contributed by atoms with E-state index < -0.39 is 0 Å². The Morgan fingerprint density at radius 2 is 1.77 bits per heavy atom. The molecule has 1 aliphatic heterocycles. The number of hydrogen-bond acceptors (Lipinski definition) is 2. The van der Waals surface area contributed by atoms with Gasteiger partial charge in [-0.1, -0.05) is 30.3 Å². The van der Waals surface area contributed by atoms with Gasteiger partial charge in [-0.25, -0.2) is 9.37 Å². The van der Waals surface area contributed by atoms with E-state index in [4.69, 9.17) is 4.98 Å². The zero-order valence-corrected chi connectivity index (χ0v) is 17.7. The molecule has 1 atom stereocenters. The van der Waals surface area contributed by atoms with Crippen LogP contribution in [-0.4, -0.2) is 22.0 Å². The molecule has 1 aromatic heterocycles. The number of anilines is 1. The van der Waals surface area contributed by atoms with Crippen molar-refractivity contribution in [2.45, 2.75) is 32.7 Å². The molecule has 0 spiro atoms. The number of fused-ring (bicyclic) bond motifs is 1. The zero-order valence-electron chi connectivity index (χ0n) is 17.7. The van der Waals surface area contributed by atoms with E-state index in [1.807, 2.05) is 35.2 Å². The minimum absolute atomic E-state index is 0.00181. The van der Waals surface area contributed by atoms with Crippen LogP contribution in [0.3, 0.4) is 0 Å². The summed E-state index contributed by atoms with van der Waals surface area (Å²) in [7, 11) is 0. The van der Waals surface area contributed by atoms with Gasteiger partial charge in [0.25, 0.3) is 0 Å². The summed E-state index contributed by atoms with van der Waals surface area (Å²) in [4.78, 5) is 19.7. The molecule has 0 N–H and O–H groups in total. The number of amides is 1. The minimum atomic E-state index is -0.245. The van der Waals surface area contributed by atoms with Crippen molar-refractivity contribution < 1.29 is 9.18 Å². The maximum atomic E-state index is 13.4. The first-order chi connectivity index (χ1) is 15.0. The fraction of sp³-hybridized carbons (Fsp3) is 0.231. The van der Waals surface area contributed by atoms with Crippen molar-refractivity contribution in [1.82, 2.24) is 9.55 Å². The molecule has 5 rings (SSSR count). The third-order valence-corrected chi connectivity index (χ3v) is 6.23. The Labute approximate surface area is 181 Å². The lowest BCUT2D eigenvalue weighted by Crippen LogP contribution is -2.24. The summed E-state index contributed by atoms with van der Waals surface area (Å²) in [6.07, 6.45) is 0.430. The smallest absolute Gasteiger partial charge is 0.227 e. The van der Waals surface area contributed by atoms with Crippen LogP contribution in [0.25, 0.3) is 11.0 Å². The molecule has 0 saturated carbocycles. The van der Waals surface area contributed by atoms with E-state index in [0.29, 0.717) is 19.5 Å². The number of halogens is 1. The number of carbonyl (C=O) groups excluding carboxylic acids is 1. The second kappa shape index (κ2) is 7.65. The Morgan fingerprint density at radius 3 is 2.55 bits per heavy atom. The summed E-state index contributed by atoms with van der Waals surface area (Å²) >= 11 is 0. The quantitative estimate of drug-likeness (QED) is 0.452. The molecule has 4 nitrogen and oxygen atoms in total. The summed E-state index contributed by atoms with van der Waals surface area (Å²) in [5.74, 6) is 0.783. The third-order valence-electron chi connectivity index (χ3n) is 6.23. The first-order valence-corrected chi connectivity index (χ1v) is 10.6. The summed E-state index contributed by atoms with van der Waals surface area (Å²) in [5.41, 5.74) is 6.28. The van der Waals surface area contributed by atoms with Gasteiger partial charge in [-0.05, 0) is 66.9 Å². The SMILES string of the molecule is Cc1ccc(N2CC(c3nc4ccccc4n3Cc3ccc(F)cc3)CC2=O)cc1C. The van der Waals surface area contributed by atoms with Crippen LogP contribution in [0.4, 0.5) is 10.1 Å². The van der Waals surface area contributed by atoms with E-state index in [2.05, 4.69) is 30.5 Å². The van der Waals surface area contributed by atoms with Gasteiger partial charge >= 0.3 is 0 Å². The van der Waals surface area contributed by atoms with Crippen LogP contribution in [0.2, 0.25) is 0 Å². The largest absolute Gasteiger partial charge is 0.323 e. The number of nitrogens with zero attached hydrogens (tertiary/aromatic N) is 3. The molecule has 2 heterocycles. The van der Waals surface area contributed by atoms with Crippen LogP contribution in [0, 0.1) is 19.7 Å². The molecule has 1 aliphatic rings. The molecule has 31 heavy (non-hydrogen) atoms. The van der Waals surface area contributed by atoms with E-state index in [0.717, 1.165) is 28.1 Å². The molecule has 1 fully saturated rings. The van der Waals surface area contributed by atoms with Gasteiger partial charge in [-0.2, -0.15) is 0 Å². The lowest BCUT2D eigenvalue weighted by molar-refractivity contribution is -0.117. The molecular formula is C26H24FN3O. The van der Waals surface area contributed by atoms with Crippen molar-refractivity contribution in [3.05, 3.63) is 95.1 Å². The van der Waals surface area contributed by atoms with Crippen LogP contribution in [-0.2, 0) is 11.3 Å². The first kappa shape index (κ1) is 19.5. The number of hydrogen-bond donors (Lipinski definition) is 0. The highest BCUT2D eigenvalue weighted by Crippen LogP contribution is 2.34. The average molecular weight is 413 g/mol. The van der Waals surface area contributed by atoms with Crippen LogP contribution in [0.15, 0.2) is 66.7 Å². The second-order valence-corrected chi connectivity index (χ2v) is 8.35. The molecular weight excluding hydrogens is 389 g/mol. The Hall–Kier alpha value is -3.47. The van der Waals surface area contributed by atoms with Crippen molar-refractivity contribution in [3.8, 4) is 0 Å². The lowest BCUT2D eigenvalue weighted by atomic mass is 10.1. The Bertz CT molecular complexity index is 1280. The van der Waals surface area contributed by atoms with Crippen LogP contribution >= 0.6 is 0 Å². The molecule has 0 radical (unpaired) electrons. The molecule has 1 unspecified atom stereocenters. The van der Waals surface area contributed by atoms with E-state index in [-0.39, 0.29) is 17.6 Å². The highest BCUT2D eigenvalue weighted by Gasteiger charge is 2.35. The second-order valence-electron chi connectivity index (χ2n) is 8.35. The molecule has 4 aromatic rings. The molecule has 3 aromatic carbocycles. The van der Waals surface area contributed by atoms with Gasteiger partial charge in [-0.3, -0.25) is 4.79 Å². The van der Waals surface area contributed by atoms with Gasteiger partial charge < -0.3 is 9.47 Å². The van der Waals surface area contributed by atoms with Gasteiger partial charge in [-0.15, -0.1) is 0 Å². The van der Waals surface area contributed by atoms with Crippen LogP contribution in [0.1, 0.15) is 34.9 Å². The maximum Gasteiger partial charge on any atom is 0.227 e. The number of benzene rings is 3. The van der Waals surface area contributed by atoms with E-state index in [1.54, 1.807) is 12.1 Å². The summed E-state index contributed by atoms with van der Waals surface area (Å²) < 4.78 is 15.6. The molecule has 0 aliphatic carbocycles. The van der Waals surface area contributed by atoms with E-state index in [1.165, 1.54) is 23.3 Å². The Morgan fingerprint density at radius 1 is 1.00 bits per heavy atom. The van der Waals surface area contributed by atoms with Gasteiger partial charge in [0.05, 0.1) is 11.0 Å². The molecule has 1 saturated heterocycles. The standard InChI is InChI=1S/C26H24FN3O/c1-17-7-12-22(13-18(17)2)29-16-20(14-25(29)31)26-28-23-5-3-4-6-24(23)30(26)15-19-8-10-21(27)11-9-19/h3-13,20H,14-16H2,1-2H3. The van der Waals surface area contributed by atoms with Gasteiger partial charge in [0.2, 0.25) is 5.91 Å². The monoisotopic (exact) mass is 413 g/mol. The maximum absolute atomic E-state index is 13.4. The van der Waals surface area contributed by atoms with E-state index in [9.17, 15) is 9.18 Å². The fourth-order valence-electron chi connectivity index (χ4n) is 4.37. The topological polar surface area (TPSA) is 38.1 Å². The molecule has 0 bridgehead atoms. The minimum Gasteiger partial charge on any atom is -0.323 e. The van der Waals surface area contributed by atoms with Gasteiger partial charge in [0.15, 0.2) is 0 Å². The average Bonchev–Trinajstić information content (AvgIpc) is 3.32. The number of aryl methyl sites for hydroxylation is 2. The Kier molecular flexibility index (Phi) is 4.81. The molecule has 5 heteroatoms. The predicted molar refractivity (Wildman–Crippen MR) is 121 cm³/mol.